The lowest BCUT2D eigenvalue weighted by Gasteiger charge is -2.38. The normalized spacial score (nSPS) is 19.4. The molecule has 0 N–H and O–H groups in total. The molecule has 0 saturated carbocycles. The maximum atomic E-state index is 6.11. The molecule has 0 amide bonds. The van der Waals surface area contributed by atoms with Crippen molar-refractivity contribution in [1.29, 1.82) is 0 Å². The molecule has 4 rings (SSSR count). The smallest absolute Gasteiger partial charge is 0.152 e. The van der Waals surface area contributed by atoms with E-state index >= 15 is 0 Å². The van der Waals surface area contributed by atoms with Crippen LogP contribution < -0.4 is 9.64 Å². The highest BCUT2D eigenvalue weighted by Gasteiger charge is 2.30. The van der Waals surface area contributed by atoms with Crippen LogP contribution in [0.2, 0.25) is 10.0 Å². The standard InChI is InChI=1S/C17H13Cl2NO2/c18-11-3-5-14-16(8-11)22-17-9-12(19)4-6-15(17)20(14)13-2-1-7-21-10-13/h1-6,8-9,13H,7,10H2. The number of hydrogen-bond acceptors (Lipinski definition) is 3. The summed E-state index contributed by atoms with van der Waals surface area (Å²) >= 11 is 12.2. The van der Waals surface area contributed by atoms with Crippen LogP contribution >= 0.6 is 23.2 Å². The SMILES string of the molecule is Clc1ccc2c(c1)Oc1cc(Cl)ccc1N2C1C=CCOC1. The second-order valence-electron chi connectivity index (χ2n) is 5.23. The number of anilines is 2. The molecule has 112 valence electrons. The van der Waals surface area contributed by atoms with Crippen molar-refractivity contribution in [3.05, 3.63) is 58.6 Å². The van der Waals surface area contributed by atoms with Crippen LogP contribution in [0.3, 0.4) is 0 Å². The molecule has 2 aromatic rings. The minimum Gasteiger partial charge on any atom is -0.453 e. The zero-order chi connectivity index (χ0) is 15.1. The van der Waals surface area contributed by atoms with Gasteiger partial charge in [-0.3, -0.25) is 0 Å². The van der Waals surface area contributed by atoms with Gasteiger partial charge in [0.2, 0.25) is 0 Å². The van der Waals surface area contributed by atoms with E-state index in [9.17, 15) is 0 Å². The van der Waals surface area contributed by atoms with Gasteiger partial charge in [0.25, 0.3) is 0 Å². The number of benzene rings is 2. The van der Waals surface area contributed by atoms with E-state index in [1.54, 1.807) is 0 Å². The highest BCUT2D eigenvalue weighted by Crippen LogP contribution is 2.49. The van der Waals surface area contributed by atoms with E-state index in [2.05, 4.69) is 11.0 Å². The third-order valence-corrected chi connectivity index (χ3v) is 4.25. The number of fused-ring (bicyclic) bond motifs is 2. The van der Waals surface area contributed by atoms with Crippen LogP contribution in [0.4, 0.5) is 11.4 Å². The van der Waals surface area contributed by atoms with Crippen LogP contribution in [0.1, 0.15) is 0 Å². The first-order chi connectivity index (χ1) is 10.7. The third kappa shape index (κ3) is 2.35. The van der Waals surface area contributed by atoms with E-state index in [4.69, 9.17) is 32.7 Å². The highest BCUT2D eigenvalue weighted by atomic mass is 35.5. The van der Waals surface area contributed by atoms with Crippen molar-refractivity contribution in [3.8, 4) is 11.5 Å². The molecule has 22 heavy (non-hydrogen) atoms. The summed E-state index contributed by atoms with van der Waals surface area (Å²) < 4.78 is 11.6. The van der Waals surface area contributed by atoms with Gasteiger partial charge < -0.3 is 14.4 Å². The van der Waals surface area contributed by atoms with E-state index < -0.39 is 0 Å². The lowest BCUT2D eigenvalue weighted by atomic mass is 10.1. The molecule has 0 radical (unpaired) electrons. The molecule has 0 aliphatic carbocycles. The van der Waals surface area contributed by atoms with Crippen molar-refractivity contribution in [3.63, 3.8) is 0 Å². The summed E-state index contributed by atoms with van der Waals surface area (Å²) in [5, 5.41) is 1.28. The third-order valence-electron chi connectivity index (χ3n) is 3.78. The first-order valence-corrected chi connectivity index (χ1v) is 7.78. The van der Waals surface area contributed by atoms with Gasteiger partial charge >= 0.3 is 0 Å². The van der Waals surface area contributed by atoms with Gasteiger partial charge in [-0.15, -0.1) is 0 Å². The number of ether oxygens (including phenoxy) is 2. The second-order valence-corrected chi connectivity index (χ2v) is 6.10. The van der Waals surface area contributed by atoms with Gasteiger partial charge in [-0.25, -0.2) is 0 Å². The topological polar surface area (TPSA) is 21.7 Å². The van der Waals surface area contributed by atoms with Gasteiger partial charge in [-0.05, 0) is 24.3 Å². The van der Waals surface area contributed by atoms with E-state index in [1.807, 2.05) is 42.5 Å². The zero-order valence-electron chi connectivity index (χ0n) is 11.6. The monoisotopic (exact) mass is 333 g/mol. The average Bonchev–Trinajstić information content (AvgIpc) is 2.53. The van der Waals surface area contributed by atoms with Crippen molar-refractivity contribution in [2.75, 3.05) is 18.1 Å². The van der Waals surface area contributed by atoms with E-state index in [0.29, 0.717) is 23.3 Å². The Bertz CT molecular complexity index is 709. The Kier molecular flexibility index (Phi) is 3.49. The summed E-state index contributed by atoms with van der Waals surface area (Å²) in [4.78, 5) is 2.20. The Balaban J connectivity index is 1.88. The van der Waals surface area contributed by atoms with Gasteiger partial charge in [-0.1, -0.05) is 35.4 Å². The van der Waals surface area contributed by atoms with E-state index in [1.165, 1.54) is 0 Å². The zero-order valence-corrected chi connectivity index (χ0v) is 13.1. The molecule has 2 aliphatic heterocycles. The van der Waals surface area contributed by atoms with Gasteiger partial charge in [0.1, 0.15) is 0 Å². The highest BCUT2D eigenvalue weighted by molar-refractivity contribution is 6.31. The predicted octanol–water partition coefficient (Wildman–Crippen LogP) is 5.19. The summed E-state index contributed by atoms with van der Waals surface area (Å²) in [5.74, 6) is 1.45. The molecular weight excluding hydrogens is 321 g/mol. The molecule has 0 spiro atoms. The number of halogens is 2. The van der Waals surface area contributed by atoms with Crippen molar-refractivity contribution in [2.45, 2.75) is 6.04 Å². The molecule has 1 unspecified atom stereocenters. The van der Waals surface area contributed by atoms with Crippen LogP contribution in [0.25, 0.3) is 0 Å². The van der Waals surface area contributed by atoms with Crippen LogP contribution in [-0.2, 0) is 4.74 Å². The second kappa shape index (κ2) is 5.51. The van der Waals surface area contributed by atoms with Crippen molar-refractivity contribution >= 4 is 34.6 Å². The molecule has 2 heterocycles. The molecule has 1 atom stereocenters. The quantitative estimate of drug-likeness (QED) is 0.670. The van der Waals surface area contributed by atoms with Gasteiger partial charge in [0, 0.05) is 22.2 Å². The molecule has 0 bridgehead atoms. The largest absolute Gasteiger partial charge is 0.453 e. The van der Waals surface area contributed by atoms with Crippen LogP contribution in [0, 0.1) is 0 Å². The number of nitrogens with zero attached hydrogens (tertiary/aromatic N) is 1. The minimum atomic E-state index is 0.109. The first-order valence-electron chi connectivity index (χ1n) is 7.03. The van der Waals surface area contributed by atoms with Crippen LogP contribution in [0.15, 0.2) is 48.6 Å². The fourth-order valence-corrected chi connectivity index (χ4v) is 3.15. The fourth-order valence-electron chi connectivity index (χ4n) is 2.83. The van der Waals surface area contributed by atoms with Gasteiger partial charge in [-0.2, -0.15) is 0 Å². The summed E-state index contributed by atoms with van der Waals surface area (Å²) in [6.07, 6.45) is 4.19. The molecule has 0 fully saturated rings. The Morgan fingerprint density at radius 2 is 1.59 bits per heavy atom. The van der Waals surface area contributed by atoms with Crippen molar-refractivity contribution in [1.82, 2.24) is 0 Å². The van der Waals surface area contributed by atoms with Crippen LogP contribution in [-0.4, -0.2) is 19.3 Å². The molecule has 3 nitrogen and oxygen atoms in total. The lowest BCUT2D eigenvalue weighted by Crippen LogP contribution is -2.37. The van der Waals surface area contributed by atoms with Crippen molar-refractivity contribution in [2.24, 2.45) is 0 Å². The van der Waals surface area contributed by atoms with Gasteiger partial charge in [0.15, 0.2) is 11.5 Å². The molecular formula is C17H13Cl2NO2. The summed E-state index contributed by atoms with van der Waals surface area (Å²) in [6, 6.07) is 11.4. The molecule has 2 aromatic carbocycles. The average molecular weight is 334 g/mol. The minimum absolute atomic E-state index is 0.109. The van der Waals surface area contributed by atoms with Crippen LogP contribution in [0.5, 0.6) is 11.5 Å². The Hall–Kier alpha value is -1.68. The molecule has 5 heteroatoms. The Labute approximate surface area is 138 Å². The molecule has 0 saturated heterocycles. The van der Waals surface area contributed by atoms with E-state index in [0.717, 1.165) is 22.9 Å². The lowest BCUT2D eigenvalue weighted by molar-refractivity contribution is 0.146. The number of hydrogen-bond donors (Lipinski definition) is 0. The van der Waals surface area contributed by atoms with E-state index in [-0.39, 0.29) is 6.04 Å². The maximum absolute atomic E-state index is 6.11. The predicted molar refractivity (Wildman–Crippen MR) is 88.9 cm³/mol. The van der Waals surface area contributed by atoms with Crippen molar-refractivity contribution < 1.29 is 9.47 Å². The number of rotatable bonds is 1. The Morgan fingerprint density at radius 1 is 0.955 bits per heavy atom. The Morgan fingerprint density at radius 3 is 2.14 bits per heavy atom. The summed E-state index contributed by atoms with van der Waals surface area (Å²) in [5.41, 5.74) is 1.94. The van der Waals surface area contributed by atoms with Gasteiger partial charge in [0.05, 0.1) is 30.6 Å². The molecule has 2 aliphatic rings. The summed E-state index contributed by atoms with van der Waals surface area (Å²) in [6.45, 7) is 1.28. The maximum Gasteiger partial charge on any atom is 0.152 e. The fraction of sp³-hybridized carbons (Fsp3) is 0.176. The first kappa shape index (κ1) is 13.9. The summed E-state index contributed by atoms with van der Waals surface area (Å²) in [7, 11) is 0. The molecule has 0 aromatic heterocycles.